The van der Waals surface area contributed by atoms with E-state index in [1.807, 2.05) is 71.6 Å². The average molecular weight is 1970 g/mol. The highest BCUT2D eigenvalue weighted by atomic mass is 35.5. The number of nitrogens with one attached hydrogen (secondary N) is 5. The van der Waals surface area contributed by atoms with E-state index in [4.69, 9.17) is 52.0 Å². The number of nitrogens with two attached hydrogens (primary N) is 3. The third-order valence-corrected chi connectivity index (χ3v) is 28.3. The number of aryl methyl sites for hydroxylation is 3. The molecule has 0 aliphatic carbocycles. The Bertz CT molecular complexity index is 6700. The summed E-state index contributed by atoms with van der Waals surface area (Å²) in [5.74, 6) is 0.909. The molecule has 0 spiro atoms. The maximum absolute atomic E-state index is 15.2. The first-order chi connectivity index (χ1) is 65.9. The van der Waals surface area contributed by atoms with Gasteiger partial charge in [-0.25, -0.2) is 36.0 Å². The maximum Gasteiger partial charge on any atom is 0.354 e. The fourth-order valence-corrected chi connectivity index (χ4v) is 21.4. The fourth-order valence-electron chi connectivity index (χ4n) is 18.9. The van der Waals surface area contributed by atoms with Crippen LogP contribution in [0.1, 0.15) is 217 Å². The van der Waals surface area contributed by atoms with Crippen LogP contribution in [-0.2, 0) is 38.7 Å². The quantitative estimate of drug-likeness (QED) is 0.0132. The van der Waals surface area contributed by atoms with Gasteiger partial charge < -0.3 is 47.9 Å². The number of hydrogen-bond acceptors (Lipinski definition) is 16. The first-order valence-corrected chi connectivity index (χ1v) is 50.7. The molecule has 34 heteroatoms. The van der Waals surface area contributed by atoms with Crippen molar-refractivity contribution in [3.8, 4) is 50.8 Å². The largest absolute Gasteiger partial charge is 0.480 e. The summed E-state index contributed by atoms with van der Waals surface area (Å²) < 4.78 is 75.2. The first-order valence-electron chi connectivity index (χ1n) is 47.7. The molecule has 9 heterocycles. The van der Waals surface area contributed by atoms with Gasteiger partial charge in [-0.15, -0.1) is 0 Å². The second kappa shape index (κ2) is 47.4. The van der Waals surface area contributed by atoms with Crippen LogP contribution in [0.4, 0.5) is 13.2 Å². The second-order valence-corrected chi connectivity index (χ2v) is 41.4. The molecule has 12 N–H and O–H groups in total. The molecule has 6 aromatic heterocycles. The molecule has 6 aromatic carbocycles. The molecule has 3 aliphatic heterocycles. The van der Waals surface area contributed by atoms with Crippen LogP contribution in [0.25, 0.3) is 83.9 Å². The van der Waals surface area contributed by atoms with Crippen molar-refractivity contribution in [2.24, 2.45) is 49.9 Å². The number of carboxylic acids is 1. The summed E-state index contributed by atoms with van der Waals surface area (Å²) in [5, 5.41) is 18.2. The van der Waals surface area contributed by atoms with Gasteiger partial charge in [0.05, 0.1) is 84.8 Å². The SMILES string of the molecule is CC(=O)NCCN1C(CCN=C(C)N)CCCC1c1ccc(-n2cc3cc(-c4cc(CCCC(C)C)cc(Cl)c4F)[nH]c3nc2=O)cc1.CC(N)=NCCC1CCCC(c2ccc(-n3cc4cc(-c5cc(CCCC(C)C)cc(Cl)c5F)[nH]c4nc3=O)cc2)N1CC(=O)O.CC(N)=NCCC1CS(=O)(=O)CC(c2ccc(-n3cc4cc(-c5cc(CCCC(C)C)cc(Cl)c5F)[nH]c4nc3=O)cc2)N1. The smallest absolute Gasteiger partial charge is 0.354 e. The minimum absolute atomic E-state index is 0.0128. The van der Waals surface area contributed by atoms with Gasteiger partial charge in [0.25, 0.3) is 0 Å². The number of sulfone groups is 1. The lowest BCUT2D eigenvalue weighted by molar-refractivity contribution is -0.140. The molecule has 734 valence electrons. The van der Waals surface area contributed by atoms with Crippen molar-refractivity contribution >= 4 is 107 Å². The topological polar surface area (TPSA) is 386 Å². The number of aliphatic carboxylic acids is 1. The number of piperidine rings is 2. The number of halogens is 6. The van der Waals surface area contributed by atoms with Crippen molar-refractivity contribution in [2.75, 3.05) is 50.8 Å². The van der Waals surface area contributed by atoms with Crippen LogP contribution in [0.3, 0.4) is 0 Å². The van der Waals surface area contributed by atoms with Crippen LogP contribution in [0, 0.1) is 35.2 Å². The standard InChI is InChI=1S/C37H47ClFN7O2.C35H42ClFN6O3.C32H38ClFN6O3S/c1-23(2)7-5-8-26-19-31(35(39)32(38)20-26)33-21-28-22-46(37(48)44-36(28)43-33)30-13-11-27(12-14-30)34-10-6-9-29(15-16-41-24(3)40)45(34)18-17-42-25(4)47;1-21(2)6-4-7-23-16-28(33(37)29(36)17-23)30-18-25-19-43(35(46)41-34(25)40-30)27-12-10-24(11-13-27)31-9-5-8-26(14-15-39-22(3)38)42(31)20-32(44)45;1-19(2)5-4-6-21-13-26(30(34)27(33)14-21)28-15-23-16-40(32(41)39-31(23)38-28)25-9-7-22(8-10-25)29-18-44(42,43)17-24(37-29)11-12-36-20(3)35/h11-14,19-23,29,34H,5-10,15-18H2,1-4H3,(H2,40,41)(H,42,47)(H,43,44,48);10-13,16-19,21,26,31H,4-9,14-15,20H2,1-3H3,(H2,38,39)(H,44,45)(H,40,41,46);7-10,13-16,19,24,29,37H,4-6,11-12,17-18H2,1-3H3,(H2,35,36)(H,38,39,41). The molecule has 15 rings (SSSR count). The molecule has 6 atom stereocenters. The van der Waals surface area contributed by atoms with Crippen molar-refractivity contribution in [2.45, 2.75) is 221 Å². The van der Waals surface area contributed by atoms with Gasteiger partial charge in [-0.05, 0) is 259 Å². The monoisotopic (exact) mass is 1960 g/mol. The number of carboxylic acid groups (broad SMARTS) is 1. The van der Waals surface area contributed by atoms with Gasteiger partial charge in [-0.2, -0.15) is 15.0 Å². The van der Waals surface area contributed by atoms with Crippen LogP contribution in [0.15, 0.2) is 175 Å². The van der Waals surface area contributed by atoms with Gasteiger partial charge in [-0.3, -0.25) is 48.1 Å². The van der Waals surface area contributed by atoms with E-state index in [-0.39, 0.29) is 69.2 Å². The van der Waals surface area contributed by atoms with Gasteiger partial charge >= 0.3 is 23.0 Å². The molecule has 3 saturated heterocycles. The van der Waals surface area contributed by atoms with Crippen LogP contribution >= 0.6 is 34.8 Å². The van der Waals surface area contributed by atoms with E-state index in [1.54, 1.807) is 87.9 Å². The number of H-pyrrole nitrogens is 3. The summed E-state index contributed by atoms with van der Waals surface area (Å²) in [4.78, 5) is 102. The number of likely N-dealkylation sites (tertiary alicyclic amines) is 2. The summed E-state index contributed by atoms with van der Waals surface area (Å²) in [7, 11) is -3.26. The summed E-state index contributed by atoms with van der Waals surface area (Å²) in [6.07, 6.45) is 21.7. The number of rotatable bonds is 35. The molecule has 3 aliphatic rings. The second-order valence-electron chi connectivity index (χ2n) is 38.0. The number of carbonyl (C=O) groups is 2. The van der Waals surface area contributed by atoms with Crippen LogP contribution in [-0.4, -0.2) is 165 Å². The zero-order valence-electron chi connectivity index (χ0n) is 80.1. The van der Waals surface area contributed by atoms with E-state index in [1.165, 1.54) is 20.6 Å². The normalized spacial score (nSPS) is 17.9. The molecule has 27 nitrogen and oxygen atoms in total. The first kappa shape index (κ1) is 104. The molecule has 12 aromatic rings. The van der Waals surface area contributed by atoms with E-state index in [2.05, 4.69) is 114 Å². The number of amides is 1. The van der Waals surface area contributed by atoms with Gasteiger partial charge in [0.15, 0.2) is 27.3 Å². The van der Waals surface area contributed by atoms with Crippen LogP contribution in [0.5, 0.6) is 0 Å². The highest BCUT2D eigenvalue weighted by molar-refractivity contribution is 7.91. The predicted molar refractivity (Wildman–Crippen MR) is 549 cm³/mol. The Morgan fingerprint density at radius 2 is 0.841 bits per heavy atom. The number of carbonyl (C=O) groups excluding carboxylic acids is 1. The Morgan fingerprint density at radius 3 is 1.19 bits per heavy atom. The summed E-state index contributed by atoms with van der Waals surface area (Å²) in [6, 6.07) is 38.5. The van der Waals surface area contributed by atoms with Crippen molar-refractivity contribution in [1.29, 1.82) is 0 Å². The van der Waals surface area contributed by atoms with Gasteiger partial charge in [0.1, 0.15) is 16.9 Å². The van der Waals surface area contributed by atoms with Gasteiger partial charge in [0.2, 0.25) is 5.91 Å². The van der Waals surface area contributed by atoms with E-state index < -0.39 is 50.3 Å². The Morgan fingerprint density at radius 1 is 0.493 bits per heavy atom. The number of aromatic nitrogens is 9. The number of amidine groups is 3. The van der Waals surface area contributed by atoms with E-state index >= 15 is 13.2 Å². The molecular weight excluding hydrogens is 1840 g/mol. The third kappa shape index (κ3) is 27.5. The highest BCUT2D eigenvalue weighted by Gasteiger charge is 2.36. The number of fused-ring (bicyclic) bond motifs is 3. The molecule has 1 amide bonds. The van der Waals surface area contributed by atoms with E-state index in [0.29, 0.717) is 158 Å². The molecule has 138 heavy (non-hydrogen) atoms. The lowest BCUT2D eigenvalue weighted by Gasteiger charge is -2.42. The Labute approximate surface area is 818 Å². The minimum atomic E-state index is -3.26. The summed E-state index contributed by atoms with van der Waals surface area (Å²) in [6.45, 7) is 22.8. The number of benzene rings is 6. The Kier molecular flexibility index (Phi) is 35.6. The van der Waals surface area contributed by atoms with E-state index in [0.717, 1.165) is 149 Å². The molecule has 0 bridgehead atoms. The molecule has 6 unspecified atom stereocenters. The number of hydrogen-bond donors (Lipinski definition) is 9. The number of aliphatic imine (C=N–C) groups is 3. The van der Waals surface area contributed by atoms with Crippen molar-refractivity contribution in [3.63, 3.8) is 0 Å². The third-order valence-electron chi connectivity index (χ3n) is 25.7. The van der Waals surface area contributed by atoms with Crippen molar-refractivity contribution < 1.29 is 36.3 Å². The Balaban J connectivity index is 0.000000175. The Hall–Kier alpha value is -11.6. The molecular formula is C104H127Cl3F3N19O8S. The van der Waals surface area contributed by atoms with Gasteiger partial charge in [-0.1, -0.05) is 132 Å². The maximum atomic E-state index is 15.2. The minimum Gasteiger partial charge on any atom is -0.480 e. The lowest BCUT2D eigenvalue weighted by atomic mass is 9.89. The van der Waals surface area contributed by atoms with Crippen LogP contribution < -0.4 is 44.9 Å². The van der Waals surface area contributed by atoms with Crippen LogP contribution in [0.2, 0.25) is 15.1 Å². The molecule has 0 radical (unpaired) electrons. The number of aromatic amines is 3. The lowest BCUT2D eigenvalue weighted by Crippen LogP contribution is -2.47. The summed E-state index contributed by atoms with van der Waals surface area (Å²) in [5.41, 5.74) is 27.0. The average Bonchev–Trinajstić information content (AvgIpc) is 1.52. The highest BCUT2D eigenvalue weighted by Crippen LogP contribution is 2.41. The zero-order chi connectivity index (χ0) is 98.9. The van der Waals surface area contributed by atoms with Gasteiger partial charge in [0, 0.05) is 127 Å². The zero-order valence-corrected chi connectivity index (χ0v) is 83.2. The fraction of sp³-hybridized carbons (Fsp3) is 0.433. The molecule has 0 saturated carbocycles. The van der Waals surface area contributed by atoms with E-state index in [9.17, 15) is 37.5 Å². The summed E-state index contributed by atoms with van der Waals surface area (Å²) >= 11 is 18.9. The van der Waals surface area contributed by atoms with Crippen molar-refractivity contribution in [3.05, 3.63) is 243 Å². The predicted octanol–water partition coefficient (Wildman–Crippen LogP) is 19.2. The number of nitrogens with zero attached hydrogens (tertiary/aromatic N) is 11. The van der Waals surface area contributed by atoms with Crippen molar-refractivity contribution in [1.82, 2.24) is 64.0 Å². The molecule has 3 fully saturated rings.